The number of anilines is 1. The molecule has 3 heterocycles. The number of H-pyrrole nitrogens is 1. The van der Waals surface area contributed by atoms with Gasteiger partial charge in [0, 0.05) is 18.4 Å². The molecule has 0 saturated carbocycles. The van der Waals surface area contributed by atoms with Crippen molar-refractivity contribution in [2.24, 2.45) is 0 Å². The molecule has 1 aromatic heterocycles. The van der Waals surface area contributed by atoms with Gasteiger partial charge < -0.3 is 10.2 Å². The zero-order chi connectivity index (χ0) is 18.8. The van der Waals surface area contributed by atoms with Gasteiger partial charge in [-0.15, -0.1) is 10.2 Å². The topological polar surface area (TPSA) is 131 Å². The molecule has 1 aromatic carbocycles. The first-order valence-corrected chi connectivity index (χ1v) is 8.49. The first-order valence-electron chi connectivity index (χ1n) is 8.49. The van der Waals surface area contributed by atoms with Crippen LogP contribution in [0.3, 0.4) is 0 Å². The number of allylic oxidation sites excluding steroid dienone is 1. The van der Waals surface area contributed by atoms with E-state index in [2.05, 4.69) is 25.9 Å². The summed E-state index contributed by atoms with van der Waals surface area (Å²) in [5.41, 5.74) is 1.84. The Morgan fingerprint density at radius 2 is 2.19 bits per heavy atom. The molecule has 2 aliphatic rings. The van der Waals surface area contributed by atoms with Gasteiger partial charge in [-0.2, -0.15) is 10.5 Å². The Kier molecular flexibility index (Phi) is 4.25. The molecule has 10 heteroatoms. The number of nitrogens with one attached hydrogen (secondary N) is 2. The average molecular weight is 364 g/mol. The fraction of sp³-hybridized carbons (Fsp3) is 0.294. The van der Waals surface area contributed by atoms with Crippen LogP contribution in [-0.2, 0) is 11.3 Å². The third kappa shape index (κ3) is 3.10. The van der Waals surface area contributed by atoms with Crippen LogP contribution in [0.2, 0.25) is 0 Å². The molecule has 2 saturated heterocycles. The van der Waals surface area contributed by atoms with Crippen molar-refractivity contribution in [3.05, 3.63) is 41.9 Å². The molecular formula is C17H16N8O2. The molecule has 1 atom stereocenters. The highest BCUT2D eigenvalue weighted by atomic mass is 16.2. The van der Waals surface area contributed by atoms with E-state index in [1.54, 1.807) is 4.90 Å². The number of benzene rings is 1. The van der Waals surface area contributed by atoms with Gasteiger partial charge in [0.25, 0.3) is 5.91 Å². The van der Waals surface area contributed by atoms with E-state index in [1.165, 1.54) is 11.1 Å². The second kappa shape index (κ2) is 6.87. The number of carbonyl (C=O) groups excluding carboxylic acids is 2. The Hall–Kier alpha value is -3.74. The van der Waals surface area contributed by atoms with Crippen molar-refractivity contribution in [3.63, 3.8) is 0 Å². The SMILES string of the molecule is N#CC(=CNc1ccc(CN2C(=O)C3CCCN3C2=O)cc1)c1nn[nH]n1. The van der Waals surface area contributed by atoms with Gasteiger partial charge in [-0.3, -0.25) is 9.69 Å². The first kappa shape index (κ1) is 16.7. The number of nitriles is 1. The smallest absolute Gasteiger partial charge is 0.327 e. The number of urea groups is 1. The fourth-order valence-corrected chi connectivity index (χ4v) is 3.29. The lowest BCUT2D eigenvalue weighted by Crippen LogP contribution is -2.32. The van der Waals surface area contributed by atoms with E-state index in [0.29, 0.717) is 6.54 Å². The van der Waals surface area contributed by atoms with E-state index in [1.807, 2.05) is 30.3 Å². The van der Waals surface area contributed by atoms with Crippen molar-refractivity contribution in [1.29, 1.82) is 5.26 Å². The summed E-state index contributed by atoms with van der Waals surface area (Å²) in [7, 11) is 0. The van der Waals surface area contributed by atoms with E-state index in [-0.39, 0.29) is 35.9 Å². The van der Waals surface area contributed by atoms with Gasteiger partial charge in [0.05, 0.1) is 6.54 Å². The molecule has 1 unspecified atom stereocenters. The third-order valence-corrected chi connectivity index (χ3v) is 4.66. The van der Waals surface area contributed by atoms with Gasteiger partial charge in [0.1, 0.15) is 17.7 Å². The molecule has 2 aliphatic heterocycles. The minimum atomic E-state index is -0.280. The number of imide groups is 1. The molecule has 0 radical (unpaired) electrons. The molecule has 10 nitrogen and oxygen atoms in total. The van der Waals surface area contributed by atoms with Gasteiger partial charge in [-0.05, 0) is 35.8 Å². The van der Waals surface area contributed by atoms with E-state index in [0.717, 1.165) is 24.1 Å². The number of aromatic nitrogens is 4. The van der Waals surface area contributed by atoms with Crippen molar-refractivity contribution in [1.82, 2.24) is 30.4 Å². The largest absolute Gasteiger partial charge is 0.360 e. The Balaban J connectivity index is 1.42. The van der Waals surface area contributed by atoms with E-state index < -0.39 is 0 Å². The monoisotopic (exact) mass is 364 g/mol. The maximum atomic E-state index is 12.4. The summed E-state index contributed by atoms with van der Waals surface area (Å²) in [5.74, 6) is 0.0923. The number of fused-ring (bicyclic) bond motifs is 1. The second-order valence-electron chi connectivity index (χ2n) is 6.30. The number of aromatic amines is 1. The molecule has 2 N–H and O–H groups in total. The fourth-order valence-electron chi connectivity index (χ4n) is 3.29. The molecule has 2 fully saturated rings. The van der Waals surface area contributed by atoms with Crippen LogP contribution in [0.5, 0.6) is 0 Å². The standard InChI is InChI=1S/C17H16N8O2/c18-8-12(15-20-22-23-21-15)9-19-13-5-3-11(4-6-13)10-25-16(26)14-2-1-7-24(14)17(25)27/h3-6,9,14,19H,1-2,7,10H2,(H,20,21,22,23). The molecule has 3 amide bonds. The number of carbonyl (C=O) groups is 2. The van der Waals surface area contributed by atoms with Gasteiger partial charge in [-0.25, -0.2) is 4.79 Å². The van der Waals surface area contributed by atoms with Crippen molar-refractivity contribution < 1.29 is 9.59 Å². The van der Waals surface area contributed by atoms with Crippen molar-refractivity contribution >= 4 is 23.2 Å². The summed E-state index contributed by atoms with van der Waals surface area (Å²) in [4.78, 5) is 27.7. The van der Waals surface area contributed by atoms with Gasteiger partial charge in [0.2, 0.25) is 5.82 Å². The molecular weight excluding hydrogens is 348 g/mol. The predicted molar refractivity (Wildman–Crippen MR) is 93.5 cm³/mol. The zero-order valence-electron chi connectivity index (χ0n) is 14.3. The lowest BCUT2D eigenvalue weighted by atomic mass is 10.1. The average Bonchev–Trinajstić information content (AvgIpc) is 3.42. The summed E-state index contributed by atoms with van der Waals surface area (Å²) in [6, 6.07) is 8.79. The van der Waals surface area contributed by atoms with Crippen molar-refractivity contribution in [3.8, 4) is 6.07 Å². The highest BCUT2D eigenvalue weighted by Gasteiger charge is 2.47. The number of amides is 3. The predicted octanol–water partition coefficient (Wildman–Crippen LogP) is 1.10. The van der Waals surface area contributed by atoms with E-state index in [9.17, 15) is 9.59 Å². The number of hydrogen-bond donors (Lipinski definition) is 2. The van der Waals surface area contributed by atoms with Crippen LogP contribution in [0.25, 0.3) is 5.57 Å². The highest BCUT2D eigenvalue weighted by molar-refractivity contribution is 6.04. The normalized spacial score (nSPS) is 19.4. The molecule has 0 spiro atoms. The first-order chi connectivity index (χ1) is 13.2. The van der Waals surface area contributed by atoms with Crippen LogP contribution in [0.4, 0.5) is 10.5 Å². The highest BCUT2D eigenvalue weighted by Crippen LogP contribution is 2.28. The van der Waals surface area contributed by atoms with Crippen LogP contribution >= 0.6 is 0 Å². The Bertz CT molecular complexity index is 907. The Morgan fingerprint density at radius 1 is 1.37 bits per heavy atom. The summed E-state index contributed by atoms with van der Waals surface area (Å²) in [5, 5.41) is 25.4. The maximum Gasteiger partial charge on any atom is 0.327 e. The molecule has 136 valence electrons. The minimum absolute atomic E-state index is 0.110. The van der Waals surface area contributed by atoms with Crippen molar-refractivity contribution in [2.75, 3.05) is 11.9 Å². The number of tetrazole rings is 1. The van der Waals surface area contributed by atoms with Crippen LogP contribution in [0.15, 0.2) is 30.5 Å². The minimum Gasteiger partial charge on any atom is -0.360 e. The number of nitrogens with zero attached hydrogens (tertiary/aromatic N) is 6. The summed E-state index contributed by atoms with van der Waals surface area (Å²) >= 11 is 0. The molecule has 2 aromatic rings. The molecule has 0 bridgehead atoms. The Morgan fingerprint density at radius 3 is 2.85 bits per heavy atom. The zero-order valence-corrected chi connectivity index (χ0v) is 14.3. The third-order valence-electron chi connectivity index (χ3n) is 4.66. The Labute approximate surface area is 154 Å². The lowest BCUT2D eigenvalue weighted by Gasteiger charge is -2.15. The quantitative estimate of drug-likeness (QED) is 0.600. The van der Waals surface area contributed by atoms with Gasteiger partial charge in [-0.1, -0.05) is 12.1 Å². The number of rotatable bonds is 5. The lowest BCUT2D eigenvalue weighted by molar-refractivity contribution is -0.128. The second-order valence-corrected chi connectivity index (χ2v) is 6.30. The van der Waals surface area contributed by atoms with Crippen LogP contribution in [-0.4, -0.2) is 54.9 Å². The van der Waals surface area contributed by atoms with E-state index in [4.69, 9.17) is 5.26 Å². The van der Waals surface area contributed by atoms with Crippen LogP contribution < -0.4 is 5.32 Å². The molecule has 0 aliphatic carbocycles. The van der Waals surface area contributed by atoms with E-state index >= 15 is 0 Å². The summed E-state index contributed by atoms with van der Waals surface area (Å²) in [6.07, 6.45) is 3.12. The van der Waals surface area contributed by atoms with Crippen LogP contribution in [0, 0.1) is 11.3 Å². The van der Waals surface area contributed by atoms with Crippen LogP contribution in [0.1, 0.15) is 24.2 Å². The number of hydrogen-bond acceptors (Lipinski definition) is 7. The van der Waals surface area contributed by atoms with Gasteiger partial charge >= 0.3 is 6.03 Å². The molecule has 4 rings (SSSR count). The van der Waals surface area contributed by atoms with Crippen molar-refractivity contribution in [2.45, 2.75) is 25.4 Å². The maximum absolute atomic E-state index is 12.4. The summed E-state index contributed by atoms with van der Waals surface area (Å²) < 4.78 is 0. The van der Waals surface area contributed by atoms with Gasteiger partial charge in [0.15, 0.2) is 0 Å². The molecule has 27 heavy (non-hydrogen) atoms. The summed E-state index contributed by atoms with van der Waals surface area (Å²) in [6.45, 7) is 0.912.